The van der Waals surface area contributed by atoms with Crippen molar-refractivity contribution in [2.45, 2.75) is 50.4 Å². The fraction of sp³-hybridized carbons (Fsp3) is 0.400. The maximum Gasteiger partial charge on any atom is 0.416 e. The molecule has 1 N–H and O–H groups in total. The van der Waals surface area contributed by atoms with Gasteiger partial charge in [0.25, 0.3) is 0 Å². The number of carbonyl (C=O) groups is 1. The molecule has 0 atom stereocenters. The van der Waals surface area contributed by atoms with Crippen molar-refractivity contribution in [1.82, 2.24) is 14.9 Å². The molecular weight excluding hydrogens is 385 g/mol. The van der Waals surface area contributed by atoms with Crippen LogP contribution in [0.15, 0.2) is 36.5 Å². The van der Waals surface area contributed by atoms with Crippen LogP contribution < -0.4 is 0 Å². The van der Waals surface area contributed by atoms with Crippen LogP contribution in [0.1, 0.15) is 54.7 Å². The molecule has 1 aliphatic rings. The maximum atomic E-state index is 13.1. The number of halogens is 3. The summed E-state index contributed by atoms with van der Waals surface area (Å²) in [6, 6.07) is 8.09. The van der Waals surface area contributed by atoms with Gasteiger partial charge >= 0.3 is 12.3 Å². The average Bonchev–Trinajstić information content (AvgIpc) is 2.72. The lowest BCUT2D eigenvalue weighted by atomic mass is 9.77. The molecule has 1 aromatic carbocycles. The lowest BCUT2D eigenvalue weighted by Crippen LogP contribution is -2.50. The van der Waals surface area contributed by atoms with E-state index < -0.39 is 23.4 Å². The molecule has 6 nitrogen and oxygen atoms in total. The molecule has 2 aromatic rings. The van der Waals surface area contributed by atoms with E-state index in [2.05, 4.69) is 9.97 Å². The molecule has 152 valence electrons. The zero-order valence-corrected chi connectivity index (χ0v) is 15.5. The molecule has 0 saturated heterocycles. The Morgan fingerprint density at radius 3 is 2.59 bits per heavy atom. The Morgan fingerprint density at radius 1 is 1.24 bits per heavy atom. The average molecular weight is 404 g/mol. The molecule has 1 saturated carbocycles. The van der Waals surface area contributed by atoms with E-state index in [9.17, 15) is 23.1 Å². The van der Waals surface area contributed by atoms with Gasteiger partial charge in [-0.15, -0.1) is 0 Å². The summed E-state index contributed by atoms with van der Waals surface area (Å²) in [4.78, 5) is 21.5. The molecule has 1 aromatic heterocycles. The van der Waals surface area contributed by atoms with Gasteiger partial charge in [-0.1, -0.05) is 31.4 Å². The number of nitriles is 1. The SMILES string of the molecule is N#Cc1nccc(C2(N(Cc3cccc(C(F)(F)F)c3)C(=O)O)CCCCC2)n1. The standard InChI is InChI=1S/C20H19F3N4O2/c21-20(22,23)15-6-4-5-14(11-15)13-27(18(28)29)19(8-2-1-3-9-19)16-7-10-25-17(12-24)26-16/h4-7,10-11H,1-3,8-9,13H2,(H,28,29). The van der Waals surface area contributed by atoms with E-state index in [4.69, 9.17) is 5.26 Å². The van der Waals surface area contributed by atoms with Gasteiger partial charge in [-0.05, 0) is 36.6 Å². The number of amides is 1. The number of hydrogen-bond acceptors (Lipinski definition) is 4. The Hall–Kier alpha value is -3.15. The van der Waals surface area contributed by atoms with Crippen molar-refractivity contribution >= 4 is 6.09 Å². The van der Waals surface area contributed by atoms with Crippen LogP contribution >= 0.6 is 0 Å². The monoisotopic (exact) mass is 404 g/mol. The Balaban J connectivity index is 2.04. The summed E-state index contributed by atoms with van der Waals surface area (Å²) in [5.74, 6) is -0.0724. The van der Waals surface area contributed by atoms with Gasteiger partial charge in [0, 0.05) is 12.7 Å². The van der Waals surface area contributed by atoms with Crippen LogP contribution in [0.5, 0.6) is 0 Å². The van der Waals surface area contributed by atoms with Crippen LogP contribution in [0.4, 0.5) is 18.0 Å². The van der Waals surface area contributed by atoms with Crippen LogP contribution in [-0.2, 0) is 18.3 Å². The fourth-order valence-corrected chi connectivity index (χ4v) is 3.90. The summed E-state index contributed by atoms with van der Waals surface area (Å²) in [5, 5.41) is 19.1. The summed E-state index contributed by atoms with van der Waals surface area (Å²) in [6.45, 7) is -0.217. The second kappa shape index (κ2) is 8.07. The Bertz CT molecular complexity index is 934. The molecule has 9 heteroatoms. The summed E-state index contributed by atoms with van der Waals surface area (Å²) in [6.07, 6.45) is -0.990. The smallest absolute Gasteiger partial charge is 0.416 e. The van der Waals surface area contributed by atoms with E-state index >= 15 is 0 Å². The van der Waals surface area contributed by atoms with Crippen LogP contribution in [0, 0.1) is 11.3 Å². The van der Waals surface area contributed by atoms with E-state index in [0.717, 1.165) is 36.3 Å². The zero-order chi connectivity index (χ0) is 21.1. The molecule has 29 heavy (non-hydrogen) atoms. The number of aromatic nitrogens is 2. The lowest BCUT2D eigenvalue weighted by molar-refractivity contribution is -0.137. The molecule has 0 radical (unpaired) electrons. The number of rotatable bonds is 4. The highest BCUT2D eigenvalue weighted by atomic mass is 19.4. The van der Waals surface area contributed by atoms with Crippen molar-refractivity contribution in [2.24, 2.45) is 0 Å². The molecule has 0 spiro atoms. The van der Waals surface area contributed by atoms with Gasteiger partial charge in [-0.3, -0.25) is 4.90 Å². The highest BCUT2D eigenvalue weighted by Gasteiger charge is 2.44. The van der Waals surface area contributed by atoms with Crippen molar-refractivity contribution in [3.05, 3.63) is 59.2 Å². The molecule has 1 amide bonds. The first kappa shape index (κ1) is 20.6. The minimum Gasteiger partial charge on any atom is -0.465 e. The Labute approximate surface area is 165 Å². The number of carboxylic acid groups (broad SMARTS) is 1. The maximum absolute atomic E-state index is 13.1. The zero-order valence-electron chi connectivity index (χ0n) is 15.5. The highest BCUT2D eigenvalue weighted by molar-refractivity contribution is 5.66. The number of benzene rings is 1. The molecule has 3 rings (SSSR count). The van der Waals surface area contributed by atoms with Gasteiger partial charge in [-0.2, -0.15) is 18.4 Å². The van der Waals surface area contributed by atoms with Gasteiger partial charge in [0.05, 0.1) is 16.8 Å². The van der Waals surface area contributed by atoms with Crippen molar-refractivity contribution in [3.8, 4) is 6.07 Å². The minimum atomic E-state index is -4.51. The quantitative estimate of drug-likeness (QED) is 0.797. The molecule has 0 bridgehead atoms. The molecule has 1 fully saturated rings. The summed E-state index contributed by atoms with van der Waals surface area (Å²) < 4.78 is 39.2. The predicted molar refractivity (Wildman–Crippen MR) is 96.5 cm³/mol. The van der Waals surface area contributed by atoms with Crippen molar-refractivity contribution in [2.75, 3.05) is 0 Å². The normalized spacial score (nSPS) is 16.1. The molecule has 0 aliphatic heterocycles. The summed E-state index contributed by atoms with van der Waals surface area (Å²) in [7, 11) is 0. The van der Waals surface area contributed by atoms with E-state index in [1.165, 1.54) is 18.3 Å². The molecule has 1 aliphatic carbocycles. The fourth-order valence-electron chi connectivity index (χ4n) is 3.90. The van der Waals surface area contributed by atoms with Crippen LogP contribution in [0.3, 0.4) is 0 Å². The van der Waals surface area contributed by atoms with Crippen molar-refractivity contribution < 1.29 is 23.1 Å². The first-order valence-electron chi connectivity index (χ1n) is 9.16. The van der Waals surface area contributed by atoms with Crippen LogP contribution in [0.25, 0.3) is 0 Å². The van der Waals surface area contributed by atoms with Crippen molar-refractivity contribution in [3.63, 3.8) is 0 Å². The third-order valence-electron chi connectivity index (χ3n) is 5.26. The number of alkyl halides is 3. The van der Waals surface area contributed by atoms with Gasteiger partial charge < -0.3 is 5.11 Å². The van der Waals surface area contributed by atoms with E-state index in [1.807, 2.05) is 6.07 Å². The topological polar surface area (TPSA) is 90.1 Å². The van der Waals surface area contributed by atoms with E-state index in [0.29, 0.717) is 18.5 Å². The van der Waals surface area contributed by atoms with Gasteiger partial charge in [0.15, 0.2) is 0 Å². The van der Waals surface area contributed by atoms with Gasteiger partial charge in [0.1, 0.15) is 6.07 Å². The lowest BCUT2D eigenvalue weighted by Gasteiger charge is -2.44. The van der Waals surface area contributed by atoms with Gasteiger partial charge in [0.2, 0.25) is 5.82 Å². The number of hydrogen-bond donors (Lipinski definition) is 1. The Morgan fingerprint density at radius 2 is 1.97 bits per heavy atom. The van der Waals surface area contributed by atoms with E-state index in [-0.39, 0.29) is 17.9 Å². The Kier molecular flexibility index (Phi) is 5.73. The largest absolute Gasteiger partial charge is 0.465 e. The molecular formula is C20H19F3N4O2. The second-order valence-electron chi connectivity index (χ2n) is 7.04. The second-order valence-corrected chi connectivity index (χ2v) is 7.04. The highest BCUT2D eigenvalue weighted by Crippen LogP contribution is 2.42. The predicted octanol–water partition coefficient (Wildman–Crippen LogP) is 4.71. The molecule has 1 heterocycles. The first-order chi connectivity index (χ1) is 13.8. The molecule has 0 unspecified atom stereocenters. The first-order valence-corrected chi connectivity index (χ1v) is 9.16. The number of nitrogens with zero attached hydrogens (tertiary/aromatic N) is 4. The van der Waals surface area contributed by atoms with E-state index in [1.54, 1.807) is 6.07 Å². The third-order valence-corrected chi connectivity index (χ3v) is 5.26. The summed E-state index contributed by atoms with van der Waals surface area (Å²) >= 11 is 0. The minimum absolute atomic E-state index is 0.0724. The third kappa shape index (κ3) is 4.31. The van der Waals surface area contributed by atoms with Crippen LogP contribution in [-0.4, -0.2) is 26.1 Å². The van der Waals surface area contributed by atoms with Gasteiger partial charge in [-0.25, -0.2) is 14.8 Å². The van der Waals surface area contributed by atoms with Crippen LogP contribution in [0.2, 0.25) is 0 Å². The van der Waals surface area contributed by atoms with Crippen molar-refractivity contribution in [1.29, 1.82) is 5.26 Å². The summed E-state index contributed by atoms with van der Waals surface area (Å²) in [5.41, 5.74) is -1.21.